The maximum absolute atomic E-state index is 10.1. The summed E-state index contributed by atoms with van der Waals surface area (Å²) in [6.07, 6.45) is 0. The number of carbonyl (C=O) groups excluding carboxylic acids is 1. The summed E-state index contributed by atoms with van der Waals surface area (Å²) in [5, 5.41) is 5.97. The number of rotatable bonds is 3. The van der Waals surface area contributed by atoms with Crippen molar-refractivity contribution in [2.75, 3.05) is 0 Å². The zero-order valence-corrected chi connectivity index (χ0v) is 10.6. The van der Waals surface area contributed by atoms with Gasteiger partial charge in [0.25, 0.3) is 0 Å². The Morgan fingerprint density at radius 3 is 1.21 bits per heavy atom. The van der Waals surface area contributed by atoms with E-state index >= 15 is 0 Å². The predicted molar refractivity (Wildman–Crippen MR) is 62.4 cm³/mol. The van der Waals surface area contributed by atoms with E-state index in [1.807, 2.05) is 13.8 Å². The molecule has 0 atom stereocenters. The molecule has 0 radical (unpaired) electrons. The van der Waals surface area contributed by atoms with Crippen LogP contribution in [-0.4, -0.2) is 24.0 Å². The Morgan fingerprint density at radius 2 is 1.21 bits per heavy atom. The van der Waals surface area contributed by atoms with Crippen molar-refractivity contribution in [1.82, 2.24) is 10.6 Å². The fraction of sp³-hybridized carbons (Fsp3) is 0.909. The van der Waals surface area contributed by atoms with Crippen molar-refractivity contribution in [2.24, 2.45) is 0 Å². The van der Waals surface area contributed by atoms with E-state index in [0.29, 0.717) is 12.1 Å². The molecule has 0 rings (SSSR count). The van der Waals surface area contributed by atoms with E-state index in [-0.39, 0.29) is 11.9 Å². The molecule has 0 aromatic rings. The van der Waals surface area contributed by atoms with Crippen molar-refractivity contribution in [2.45, 2.75) is 66.6 Å². The van der Waals surface area contributed by atoms with Gasteiger partial charge in [-0.1, -0.05) is 27.7 Å². The van der Waals surface area contributed by atoms with E-state index in [9.17, 15) is 4.79 Å². The summed E-state index contributed by atoms with van der Waals surface area (Å²) in [5.74, 6) is 0.0370. The molecule has 86 valence electrons. The van der Waals surface area contributed by atoms with Crippen LogP contribution in [0.2, 0.25) is 0 Å². The molecule has 0 aliphatic heterocycles. The number of hydrogen-bond donors (Lipinski definition) is 2. The molecule has 14 heavy (non-hydrogen) atoms. The van der Waals surface area contributed by atoms with Crippen molar-refractivity contribution in [1.29, 1.82) is 0 Å². The van der Waals surface area contributed by atoms with E-state index in [4.69, 9.17) is 0 Å². The number of hydrogen-bond acceptors (Lipinski definition) is 2. The second-order valence-corrected chi connectivity index (χ2v) is 4.33. The van der Waals surface area contributed by atoms with Crippen LogP contribution in [0.15, 0.2) is 0 Å². The van der Waals surface area contributed by atoms with Gasteiger partial charge in [-0.15, -0.1) is 0 Å². The van der Waals surface area contributed by atoms with Gasteiger partial charge in [-0.2, -0.15) is 0 Å². The Kier molecular flexibility index (Phi) is 10.2. The molecular formula is C11H26N2O. The van der Waals surface area contributed by atoms with Crippen molar-refractivity contribution >= 4 is 5.91 Å². The third-order valence-electron chi connectivity index (χ3n) is 1.16. The molecule has 0 aromatic carbocycles. The van der Waals surface area contributed by atoms with Gasteiger partial charge in [0.1, 0.15) is 0 Å². The normalized spacial score (nSPS) is 10.1. The zero-order valence-electron chi connectivity index (χ0n) is 10.6. The molecule has 0 saturated heterocycles. The monoisotopic (exact) mass is 202 g/mol. The lowest BCUT2D eigenvalue weighted by molar-refractivity contribution is -0.119. The third kappa shape index (κ3) is 22.5. The average Bonchev–Trinajstić information content (AvgIpc) is 1.79. The molecule has 1 amide bonds. The Bertz CT molecular complexity index is 136. The minimum Gasteiger partial charge on any atom is -0.354 e. The molecule has 3 heteroatoms. The average molecular weight is 202 g/mol. The molecule has 0 aromatic heterocycles. The van der Waals surface area contributed by atoms with Gasteiger partial charge in [0.2, 0.25) is 5.91 Å². The van der Waals surface area contributed by atoms with Crippen LogP contribution < -0.4 is 10.6 Å². The van der Waals surface area contributed by atoms with Crippen molar-refractivity contribution in [3.8, 4) is 0 Å². The molecule has 0 unspecified atom stereocenters. The molecule has 0 aliphatic carbocycles. The topological polar surface area (TPSA) is 41.1 Å². The van der Waals surface area contributed by atoms with Crippen LogP contribution in [0.25, 0.3) is 0 Å². The van der Waals surface area contributed by atoms with Crippen LogP contribution in [0.4, 0.5) is 0 Å². The first-order chi connectivity index (χ1) is 6.25. The number of amides is 1. The Balaban J connectivity index is 0. The van der Waals surface area contributed by atoms with E-state index < -0.39 is 0 Å². The molecule has 3 nitrogen and oxygen atoms in total. The maximum atomic E-state index is 10.1. The van der Waals surface area contributed by atoms with Gasteiger partial charge in [0.15, 0.2) is 0 Å². The summed E-state index contributed by atoms with van der Waals surface area (Å²) in [6.45, 7) is 14.0. The van der Waals surface area contributed by atoms with E-state index in [1.54, 1.807) is 0 Å². The SMILES string of the molecule is CC(=O)NC(C)C.CC(C)NC(C)C. The summed E-state index contributed by atoms with van der Waals surface area (Å²) in [5.41, 5.74) is 0. The molecule has 0 fully saturated rings. The Labute approximate surface area is 88.7 Å². The third-order valence-corrected chi connectivity index (χ3v) is 1.16. The van der Waals surface area contributed by atoms with Crippen LogP contribution >= 0.6 is 0 Å². The van der Waals surface area contributed by atoms with Crippen LogP contribution in [0.3, 0.4) is 0 Å². The molecular weight excluding hydrogens is 176 g/mol. The molecule has 0 bridgehead atoms. The molecule has 0 spiro atoms. The number of nitrogens with one attached hydrogen (secondary N) is 2. The van der Waals surface area contributed by atoms with Gasteiger partial charge in [-0.3, -0.25) is 4.79 Å². The largest absolute Gasteiger partial charge is 0.354 e. The van der Waals surface area contributed by atoms with Crippen LogP contribution in [0, 0.1) is 0 Å². The maximum Gasteiger partial charge on any atom is 0.217 e. The lowest BCUT2D eigenvalue weighted by Gasteiger charge is -2.10. The molecule has 0 heterocycles. The fourth-order valence-corrected chi connectivity index (χ4v) is 1.07. The second kappa shape index (κ2) is 9.00. The lowest BCUT2D eigenvalue weighted by Crippen LogP contribution is -2.29. The number of carbonyl (C=O) groups is 1. The highest BCUT2D eigenvalue weighted by Gasteiger charge is 1.92. The van der Waals surface area contributed by atoms with Crippen molar-refractivity contribution in [3.63, 3.8) is 0 Å². The first-order valence-electron chi connectivity index (χ1n) is 5.28. The van der Waals surface area contributed by atoms with Crippen LogP contribution in [0.5, 0.6) is 0 Å². The van der Waals surface area contributed by atoms with Crippen molar-refractivity contribution < 1.29 is 4.79 Å². The van der Waals surface area contributed by atoms with Gasteiger partial charge >= 0.3 is 0 Å². The van der Waals surface area contributed by atoms with Gasteiger partial charge < -0.3 is 10.6 Å². The quantitative estimate of drug-likeness (QED) is 0.734. The fourth-order valence-electron chi connectivity index (χ4n) is 1.07. The van der Waals surface area contributed by atoms with Crippen LogP contribution in [0.1, 0.15) is 48.5 Å². The van der Waals surface area contributed by atoms with Crippen molar-refractivity contribution in [3.05, 3.63) is 0 Å². The second-order valence-electron chi connectivity index (χ2n) is 4.33. The van der Waals surface area contributed by atoms with Gasteiger partial charge in [-0.25, -0.2) is 0 Å². The molecule has 0 aliphatic rings. The van der Waals surface area contributed by atoms with Gasteiger partial charge in [0, 0.05) is 25.0 Å². The first kappa shape index (κ1) is 15.9. The Hall–Kier alpha value is -0.570. The Morgan fingerprint density at radius 1 is 0.857 bits per heavy atom. The van der Waals surface area contributed by atoms with E-state index in [0.717, 1.165) is 0 Å². The highest BCUT2D eigenvalue weighted by molar-refractivity contribution is 5.73. The highest BCUT2D eigenvalue weighted by atomic mass is 16.1. The predicted octanol–water partition coefficient (Wildman–Crippen LogP) is 1.92. The smallest absolute Gasteiger partial charge is 0.217 e. The summed E-state index contributed by atoms with van der Waals surface area (Å²) in [7, 11) is 0. The molecule has 2 N–H and O–H groups in total. The molecule has 0 saturated carbocycles. The minimum absolute atomic E-state index is 0.0370. The first-order valence-corrected chi connectivity index (χ1v) is 5.28. The van der Waals surface area contributed by atoms with Gasteiger partial charge in [-0.05, 0) is 13.8 Å². The lowest BCUT2D eigenvalue weighted by atomic mass is 10.3. The highest BCUT2D eigenvalue weighted by Crippen LogP contribution is 1.80. The summed E-state index contributed by atoms with van der Waals surface area (Å²) in [6, 6.07) is 1.53. The standard InChI is InChI=1S/C6H15N.C5H11NO/c1-5(2)7-6(3)4;1-4(2)6-5(3)7/h5-7H,1-4H3;4H,1-3H3,(H,6,7). The van der Waals surface area contributed by atoms with Gasteiger partial charge in [0.05, 0.1) is 0 Å². The minimum atomic E-state index is 0.0370. The van der Waals surface area contributed by atoms with E-state index in [2.05, 4.69) is 38.3 Å². The van der Waals surface area contributed by atoms with Crippen LogP contribution in [-0.2, 0) is 4.79 Å². The summed E-state index contributed by atoms with van der Waals surface area (Å²) >= 11 is 0. The summed E-state index contributed by atoms with van der Waals surface area (Å²) < 4.78 is 0. The zero-order chi connectivity index (χ0) is 11.7. The van der Waals surface area contributed by atoms with E-state index in [1.165, 1.54) is 6.92 Å². The summed E-state index contributed by atoms with van der Waals surface area (Å²) in [4.78, 5) is 10.1.